The van der Waals surface area contributed by atoms with Gasteiger partial charge in [-0.25, -0.2) is 4.98 Å². The quantitative estimate of drug-likeness (QED) is 0.716. The van der Waals surface area contributed by atoms with E-state index in [4.69, 9.17) is 4.74 Å². The number of nitriles is 1. The molecule has 4 saturated carbocycles. The van der Waals surface area contributed by atoms with E-state index < -0.39 is 5.60 Å². The van der Waals surface area contributed by atoms with Crippen LogP contribution in [0.2, 0.25) is 0 Å². The van der Waals surface area contributed by atoms with Gasteiger partial charge >= 0.3 is 0 Å². The molecule has 6 nitrogen and oxygen atoms in total. The zero-order chi connectivity index (χ0) is 23.4. The molecule has 0 aromatic carbocycles. The lowest BCUT2D eigenvalue weighted by Gasteiger charge is -2.62. The van der Waals surface area contributed by atoms with Crippen LogP contribution in [0, 0.1) is 51.8 Å². The first-order chi connectivity index (χ1) is 15.7. The van der Waals surface area contributed by atoms with Crippen molar-refractivity contribution < 1.29 is 14.6 Å². The summed E-state index contributed by atoms with van der Waals surface area (Å²) in [7, 11) is 1.69. The second-order valence-electron chi connectivity index (χ2n) is 12.1. The van der Waals surface area contributed by atoms with Crippen molar-refractivity contribution in [2.45, 2.75) is 83.8 Å². The second kappa shape index (κ2) is 8.20. The van der Waals surface area contributed by atoms with Crippen LogP contribution < -0.4 is 0 Å². The smallest absolute Gasteiger partial charge is 0.213 e. The predicted octanol–water partition coefficient (Wildman–Crippen LogP) is 4.36. The minimum absolute atomic E-state index is 0.0697. The van der Waals surface area contributed by atoms with E-state index in [1.807, 2.05) is 0 Å². The van der Waals surface area contributed by atoms with Crippen LogP contribution in [0.3, 0.4) is 0 Å². The highest BCUT2D eigenvalue weighted by atomic mass is 16.5. The number of hydrogen-bond acceptors (Lipinski definition) is 5. The first-order valence-corrected chi connectivity index (χ1v) is 12.9. The molecular formula is C27H39N3O3. The monoisotopic (exact) mass is 453 g/mol. The number of carbonyl (C=O) groups is 1. The molecule has 1 aromatic heterocycles. The Labute approximate surface area is 197 Å². The Morgan fingerprint density at radius 2 is 1.97 bits per heavy atom. The van der Waals surface area contributed by atoms with Crippen molar-refractivity contribution in [2.24, 2.45) is 40.4 Å². The maximum atomic E-state index is 13.4. The third-order valence-electron chi connectivity index (χ3n) is 10.8. The molecule has 180 valence electrons. The largest absolute Gasteiger partial charge is 0.387 e. The van der Waals surface area contributed by atoms with Crippen molar-refractivity contribution in [2.75, 3.05) is 13.7 Å². The minimum atomic E-state index is -0.657. The van der Waals surface area contributed by atoms with E-state index in [1.165, 1.54) is 19.3 Å². The van der Waals surface area contributed by atoms with Gasteiger partial charge in [0.25, 0.3) is 0 Å². The molecule has 33 heavy (non-hydrogen) atoms. The molecule has 4 aliphatic rings. The number of methoxy groups -OCH3 is 1. The number of Topliss-reactive ketones (excluding diaryl/α,β-unsaturated/α-hetero) is 1. The van der Waals surface area contributed by atoms with Gasteiger partial charge in [-0.2, -0.15) is 5.26 Å². The summed E-state index contributed by atoms with van der Waals surface area (Å²) in [6, 6.07) is 2.09. The van der Waals surface area contributed by atoms with Crippen LogP contribution in [0.25, 0.3) is 0 Å². The highest BCUT2D eigenvalue weighted by molar-refractivity contribution is 5.82. The fourth-order valence-corrected chi connectivity index (χ4v) is 9.08. The van der Waals surface area contributed by atoms with Gasteiger partial charge in [-0.05, 0) is 92.3 Å². The zero-order valence-electron chi connectivity index (χ0n) is 20.4. The number of hydrogen-bond donors (Lipinski definition) is 1. The van der Waals surface area contributed by atoms with Crippen molar-refractivity contribution >= 4 is 5.78 Å². The second-order valence-corrected chi connectivity index (χ2v) is 12.1. The number of aliphatic hydroxyl groups is 1. The van der Waals surface area contributed by atoms with E-state index in [2.05, 4.69) is 24.9 Å². The number of imidazole rings is 1. The van der Waals surface area contributed by atoms with Gasteiger partial charge in [-0.15, -0.1) is 0 Å². The molecule has 0 saturated heterocycles. The summed E-state index contributed by atoms with van der Waals surface area (Å²) in [5.74, 6) is 3.26. The summed E-state index contributed by atoms with van der Waals surface area (Å²) in [6.07, 6.45) is 13.0. The fraction of sp³-hybridized carbons (Fsp3) is 0.815. The maximum absolute atomic E-state index is 13.4. The van der Waals surface area contributed by atoms with Crippen LogP contribution in [-0.4, -0.2) is 39.8 Å². The topological polar surface area (TPSA) is 88.1 Å². The third kappa shape index (κ3) is 3.58. The van der Waals surface area contributed by atoms with E-state index in [9.17, 15) is 15.2 Å². The van der Waals surface area contributed by atoms with Crippen molar-refractivity contribution in [3.8, 4) is 6.07 Å². The molecule has 1 aromatic rings. The van der Waals surface area contributed by atoms with Crippen LogP contribution in [0.4, 0.5) is 0 Å². The number of aromatic nitrogens is 2. The molecular weight excluding hydrogens is 414 g/mol. The van der Waals surface area contributed by atoms with Crippen molar-refractivity contribution in [1.29, 1.82) is 5.26 Å². The molecule has 0 amide bonds. The molecule has 1 N–H and O–H groups in total. The Hall–Kier alpha value is -1.71. The van der Waals surface area contributed by atoms with Crippen LogP contribution in [-0.2, 0) is 16.1 Å². The van der Waals surface area contributed by atoms with Crippen LogP contribution >= 0.6 is 0 Å². The Morgan fingerprint density at radius 3 is 2.73 bits per heavy atom. The molecule has 6 heteroatoms. The minimum Gasteiger partial charge on any atom is -0.387 e. The Kier molecular flexibility index (Phi) is 5.73. The summed E-state index contributed by atoms with van der Waals surface area (Å²) < 4.78 is 7.06. The number of ether oxygens (including phenoxy) is 1. The van der Waals surface area contributed by atoms with E-state index in [0.29, 0.717) is 41.5 Å². The van der Waals surface area contributed by atoms with Crippen molar-refractivity contribution in [3.05, 3.63) is 18.2 Å². The lowest BCUT2D eigenvalue weighted by molar-refractivity contribution is -0.164. The number of nitrogens with zero attached hydrogens (tertiary/aromatic N) is 3. The Balaban J connectivity index is 1.33. The standard InChI is InChI=1S/C27H39N3O3/c1-25-10-11-27(32,17-33-3)14-18(25)4-5-19-20-6-7-22(26(20,2)9-8-21(19)25)23(31)16-30-13-12-29-24(30)15-28/h12-13,18-22,32H,4-11,14,16-17H2,1-3H3/t18-,19-,20-,21-,22+,25-,26-,27+/m0/s1. The summed E-state index contributed by atoms with van der Waals surface area (Å²) in [6.45, 7) is 5.60. The van der Waals surface area contributed by atoms with Crippen LogP contribution in [0.1, 0.15) is 77.5 Å². The molecule has 4 fully saturated rings. The van der Waals surface area contributed by atoms with E-state index >= 15 is 0 Å². The average Bonchev–Trinajstić information content (AvgIpc) is 3.37. The van der Waals surface area contributed by atoms with Gasteiger partial charge < -0.3 is 14.4 Å². The average molecular weight is 454 g/mol. The lowest BCUT2D eigenvalue weighted by atomic mass is 9.44. The Bertz CT molecular complexity index is 953. The van der Waals surface area contributed by atoms with Gasteiger partial charge in [-0.3, -0.25) is 4.79 Å². The van der Waals surface area contributed by atoms with Gasteiger partial charge in [0.15, 0.2) is 5.78 Å². The molecule has 8 atom stereocenters. The Morgan fingerprint density at radius 1 is 1.18 bits per heavy atom. The predicted molar refractivity (Wildman–Crippen MR) is 124 cm³/mol. The molecule has 0 aliphatic heterocycles. The third-order valence-corrected chi connectivity index (χ3v) is 10.8. The van der Waals surface area contributed by atoms with Gasteiger partial charge in [0, 0.05) is 25.4 Å². The number of rotatable bonds is 5. The SMILES string of the molecule is COC[C@@]1(O)CC[C@@]2(C)[C@@H](CC[C@@H]3[C@@H]2CC[C@]2(C)[C@@H](C(=O)Cn4ccnc4C#N)CC[C@@H]32)C1. The summed E-state index contributed by atoms with van der Waals surface area (Å²) in [5.41, 5.74) is -0.291. The van der Waals surface area contributed by atoms with Crippen molar-refractivity contribution in [3.63, 3.8) is 0 Å². The first-order valence-electron chi connectivity index (χ1n) is 12.9. The van der Waals surface area contributed by atoms with Crippen molar-refractivity contribution in [1.82, 2.24) is 9.55 Å². The van der Waals surface area contributed by atoms with Gasteiger partial charge in [-0.1, -0.05) is 13.8 Å². The molecule has 0 bridgehead atoms. The zero-order valence-corrected chi connectivity index (χ0v) is 20.4. The molecule has 5 rings (SSSR count). The highest BCUT2D eigenvalue weighted by Gasteiger charge is 2.62. The van der Waals surface area contributed by atoms with Gasteiger partial charge in [0.1, 0.15) is 6.07 Å². The molecule has 1 heterocycles. The lowest BCUT2D eigenvalue weighted by Crippen LogP contribution is -2.56. The molecule has 4 aliphatic carbocycles. The van der Waals surface area contributed by atoms with Gasteiger partial charge in [0.2, 0.25) is 5.82 Å². The van der Waals surface area contributed by atoms with E-state index in [0.717, 1.165) is 38.5 Å². The van der Waals surface area contributed by atoms with E-state index in [1.54, 1.807) is 24.1 Å². The summed E-state index contributed by atoms with van der Waals surface area (Å²) in [5, 5.41) is 20.3. The maximum Gasteiger partial charge on any atom is 0.213 e. The fourth-order valence-electron chi connectivity index (χ4n) is 9.08. The van der Waals surface area contributed by atoms with Crippen LogP contribution in [0.5, 0.6) is 0 Å². The van der Waals surface area contributed by atoms with Gasteiger partial charge in [0.05, 0.1) is 18.8 Å². The summed E-state index contributed by atoms with van der Waals surface area (Å²) >= 11 is 0. The number of carbonyl (C=O) groups excluding carboxylic acids is 1. The summed E-state index contributed by atoms with van der Waals surface area (Å²) in [4.78, 5) is 17.5. The first kappa shape index (κ1) is 23.1. The normalized spacial score (nSPS) is 44.4. The number of ketones is 1. The number of fused-ring (bicyclic) bond motifs is 5. The molecule has 0 radical (unpaired) electrons. The molecule has 0 spiro atoms. The molecule has 0 unspecified atom stereocenters. The van der Waals surface area contributed by atoms with Crippen LogP contribution in [0.15, 0.2) is 12.4 Å². The van der Waals surface area contributed by atoms with E-state index in [-0.39, 0.29) is 23.7 Å². The highest BCUT2D eigenvalue weighted by Crippen LogP contribution is 2.68.